The summed E-state index contributed by atoms with van der Waals surface area (Å²) in [6.45, 7) is 1.55. The van der Waals surface area contributed by atoms with Crippen molar-refractivity contribution in [2.24, 2.45) is 0 Å². The largest absolute Gasteiger partial charge is 0.769 e. The summed E-state index contributed by atoms with van der Waals surface area (Å²) in [6.07, 6.45) is 7.78. The highest BCUT2D eigenvalue weighted by Gasteiger charge is 2.38. The first kappa shape index (κ1) is 11.4. The maximum absolute atomic E-state index is 11.0. The molecule has 5 heteroatoms. The quantitative estimate of drug-likeness (QED) is 0.697. The van der Waals surface area contributed by atoms with E-state index in [9.17, 15) is 8.76 Å². The number of hydrogen-bond acceptors (Lipinski definition) is 4. The molecule has 0 amide bonds. The molecule has 0 spiro atoms. The highest BCUT2D eigenvalue weighted by molar-refractivity contribution is 7.83. The van der Waals surface area contributed by atoms with Gasteiger partial charge in [0, 0.05) is 10.6 Å². The number of allylic oxidation sites excluding steroid dienone is 3. The third-order valence-electron chi connectivity index (χ3n) is 3.81. The third-order valence-corrected chi connectivity index (χ3v) is 4.56. The van der Waals surface area contributed by atoms with Gasteiger partial charge in [-0.3, -0.25) is 4.21 Å². The van der Waals surface area contributed by atoms with Crippen LogP contribution >= 0.6 is 0 Å². The second kappa shape index (κ2) is 4.55. The summed E-state index contributed by atoms with van der Waals surface area (Å²) in [6, 6.07) is 0.881. The van der Waals surface area contributed by atoms with Crippen LogP contribution in [0.4, 0.5) is 0 Å². The van der Waals surface area contributed by atoms with Gasteiger partial charge in [-0.1, -0.05) is 6.08 Å². The van der Waals surface area contributed by atoms with Gasteiger partial charge in [0.1, 0.15) is 0 Å². The Morgan fingerprint density at radius 1 is 1.35 bits per heavy atom. The molecule has 3 unspecified atom stereocenters. The average Bonchev–Trinajstić information content (AvgIpc) is 2.59. The Bertz CT molecular complexity index is 389. The number of hydrogen-bond donors (Lipinski definition) is 0. The zero-order chi connectivity index (χ0) is 11.8. The fourth-order valence-electron chi connectivity index (χ4n) is 3.02. The summed E-state index contributed by atoms with van der Waals surface area (Å²) in [5, 5.41) is 0. The van der Waals surface area contributed by atoms with Crippen LogP contribution in [0.25, 0.3) is 0 Å². The van der Waals surface area contributed by atoms with Gasteiger partial charge in [-0.2, -0.15) is 0 Å². The van der Waals surface area contributed by atoms with Gasteiger partial charge < -0.3 is 14.2 Å². The lowest BCUT2D eigenvalue weighted by atomic mass is 10.1. The van der Waals surface area contributed by atoms with Gasteiger partial charge in [0.05, 0.1) is 25.3 Å². The van der Waals surface area contributed by atoms with Crippen molar-refractivity contribution in [2.75, 3.05) is 13.2 Å². The maximum Gasteiger partial charge on any atom is 0.0671 e. The number of fused-ring (bicyclic) bond motifs is 2. The lowest BCUT2D eigenvalue weighted by Gasteiger charge is -2.38. The fraction of sp³-hybridized carbons (Fsp3) is 0.667. The zero-order valence-electron chi connectivity index (χ0n) is 9.63. The minimum Gasteiger partial charge on any atom is -0.769 e. The van der Waals surface area contributed by atoms with Crippen LogP contribution in [0.3, 0.4) is 0 Å². The lowest BCUT2D eigenvalue weighted by molar-refractivity contribution is 0.00504. The Labute approximate surface area is 104 Å². The molecule has 0 aromatic rings. The summed E-state index contributed by atoms with van der Waals surface area (Å²) in [7, 11) is 0. The van der Waals surface area contributed by atoms with E-state index >= 15 is 0 Å². The Morgan fingerprint density at radius 3 is 2.71 bits per heavy atom. The highest BCUT2D eigenvalue weighted by atomic mass is 32.2. The van der Waals surface area contributed by atoms with E-state index < -0.39 is 11.1 Å². The standard InChI is InChI=1S/C12H17NO3S/c14-17(15)12-3-1-2-9(6-12)13-10-4-5-11(13)8-16-7-10/h2,6,10-11H,1,3-5,7-8H2,(H,14,15)/p-1. The third kappa shape index (κ3) is 2.07. The van der Waals surface area contributed by atoms with Crippen LogP contribution in [-0.4, -0.2) is 39.0 Å². The van der Waals surface area contributed by atoms with Gasteiger partial charge in [-0.05, 0) is 42.8 Å². The van der Waals surface area contributed by atoms with Gasteiger partial charge in [0.15, 0.2) is 0 Å². The van der Waals surface area contributed by atoms with Crippen molar-refractivity contribution >= 4 is 11.1 Å². The molecular formula is C12H16NO3S-. The predicted octanol–water partition coefficient (Wildman–Crippen LogP) is 1.29. The maximum atomic E-state index is 11.0. The second-order valence-corrected chi connectivity index (χ2v) is 5.84. The number of ether oxygens (including phenoxy) is 1. The Morgan fingerprint density at radius 2 is 2.06 bits per heavy atom. The van der Waals surface area contributed by atoms with E-state index in [2.05, 4.69) is 11.0 Å². The SMILES string of the molecule is O=S([O-])C1=CC(N2C3CCC2COC3)=CCC1. The molecule has 2 bridgehead atoms. The van der Waals surface area contributed by atoms with E-state index in [1.54, 1.807) is 0 Å². The van der Waals surface area contributed by atoms with Crippen LogP contribution < -0.4 is 0 Å². The van der Waals surface area contributed by atoms with Crippen molar-refractivity contribution in [3.8, 4) is 0 Å². The first-order valence-electron chi connectivity index (χ1n) is 6.12. The van der Waals surface area contributed by atoms with Gasteiger partial charge in [0.2, 0.25) is 0 Å². The molecule has 2 aliphatic heterocycles. The normalized spacial score (nSPS) is 34.3. The fourth-order valence-corrected chi connectivity index (χ4v) is 3.52. The Balaban J connectivity index is 1.85. The molecular weight excluding hydrogens is 238 g/mol. The molecule has 2 saturated heterocycles. The molecule has 3 aliphatic rings. The molecule has 0 radical (unpaired) electrons. The second-order valence-electron chi connectivity index (χ2n) is 4.84. The summed E-state index contributed by atoms with van der Waals surface area (Å²) >= 11 is -2.07. The Kier molecular flexibility index (Phi) is 3.06. The highest BCUT2D eigenvalue weighted by Crippen LogP contribution is 2.35. The monoisotopic (exact) mass is 254 g/mol. The molecule has 0 saturated carbocycles. The van der Waals surface area contributed by atoms with Crippen LogP contribution in [0.15, 0.2) is 22.8 Å². The summed E-state index contributed by atoms with van der Waals surface area (Å²) in [5.41, 5.74) is 1.09. The minimum atomic E-state index is -2.07. The molecule has 0 aromatic heterocycles. The number of rotatable bonds is 2. The topological polar surface area (TPSA) is 52.6 Å². The van der Waals surface area contributed by atoms with Crippen molar-refractivity contribution in [1.82, 2.24) is 4.90 Å². The smallest absolute Gasteiger partial charge is 0.0671 e. The molecule has 3 atom stereocenters. The summed E-state index contributed by atoms with van der Waals surface area (Å²) in [4.78, 5) is 2.91. The van der Waals surface area contributed by atoms with Gasteiger partial charge in [-0.25, -0.2) is 0 Å². The van der Waals surface area contributed by atoms with Crippen molar-refractivity contribution in [2.45, 2.75) is 37.8 Å². The van der Waals surface area contributed by atoms with Crippen LogP contribution in [-0.2, 0) is 15.8 Å². The zero-order valence-corrected chi connectivity index (χ0v) is 10.4. The van der Waals surface area contributed by atoms with Crippen molar-refractivity contribution in [3.05, 3.63) is 22.8 Å². The first-order chi connectivity index (χ1) is 8.25. The van der Waals surface area contributed by atoms with Crippen LogP contribution in [0, 0.1) is 0 Å². The van der Waals surface area contributed by atoms with Crippen LogP contribution in [0.1, 0.15) is 25.7 Å². The van der Waals surface area contributed by atoms with E-state index in [1.165, 1.54) is 0 Å². The number of morpholine rings is 1. The average molecular weight is 254 g/mol. The van der Waals surface area contributed by atoms with Crippen molar-refractivity contribution < 1.29 is 13.5 Å². The summed E-state index contributed by atoms with van der Waals surface area (Å²) in [5.74, 6) is 0. The molecule has 0 aromatic carbocycles. The molecule has 2 fully saturated rings. The van der Waals surface area contributed by atoms with Gasteiger partial charge >= 0.3 is 0 Å². The summed E-state index contributed by atoms with van der Waals surface area (Å²) < 4.78 is 27.6. The van der Waals surface area contributed by atoms with E-state index in [1.807, 2.05) is 6.08 Å². The molecule has 1 aliphatic carbocycles. The van der Waals surface area contributed by atoms with Gasteiger partial charge in [-0.15, -0.1) is 0 Å². The predicted molar refractivity (Wildman–Crippen MR) is 63.8 cm³/mol. The van der Waals surface area contributed by atoms with E-state index in [-0.39, 0.29) is 0 Å². The van der Waals surface area contributed by atoms with Crippen LogP contribution in [0.2, 0.25) is 0 Å². The molecule has 17 heavy (non-hydrogen) atoms. The Hall–Kier alpha value is -0.650. The minimum absolute atomic E-state index is 0.440. The first-order valence-corrected chi connectivity index (χ1v) is 7.19. The van der Waals surface area contributed by atoms with Crippen molar-refractivity contribution in [1.29, 1.82) is 0 Å². The van der Waals surface area contributed by atoms with Crippen molar-refractivity contribution in [3.63, 3.8) is 0 Å². The molecule has 94 valence electrons. The molecule has 0 N–H and O–H groups in total. The van der Waals surface area contributed by atoms with E-state index in [0.717, 1.165) is 38.2 Å². The van der Waals surface area contributed by atoms with Crippen LogP contribution in [0.5, 0.6) is 0 Å². The molecule has 4 nitrogen and oxygen atoms in total. The molecule has 2 heterocycles. The van der Waals surface area contributed by atoms with E-state index in [0.29, 0.717) is 23.4 Å². The van der Waals surface area contributed by atoms with Gasteiger partial charge in [0.25, 0.3) is 0 Å². The number of nitrogens with zero attached hydrogens (tertiary/aromatic N) is 1. The lowest BCUT2D eigenvalue weighted by Crippen LogP contribution is -2.44. The van der Waals surface area contributed by atoms with E-state index in [4.69, 9.17) is 4.74 Å². The molecule has 3 rings (SSSR count).